The molecule has 1 aliphatic heterocycles. The summed E-state index contributed by atoms with van der Waals surface area (Å²) in [6.07, 6.45) is 0.184. The molecule has 1 aliphatic rings. The number of anilines is 1. The van der Waals surface area contributed by atoms with Crippen LogP contribution in [0.15, 0.2) is 53.0 Å². The van der Waals surface area contributed by atoms with Crippen molar-refractivity contribution in [1.29, 1.82) is 0 Å². The van der Waals surface area contributed by atoms with Crippen LogP contribution >= 0.6 is 15.9 Å². The topological polar surface area (TPSA) is 49.4 Å². The first kappa shape index (κ1) is 17.6. The molecule has 2 aromatic carbocycles. The predicted octanol–water partition coefficient (Wildman–Crippen LogP) is 3.82. The third kappa shape index (κ3) is 3.90. The maximum Gasteiger partial charge on any atom is 0.227 e. The Bertz CT molecular complexity index is 794. The first-order valence-electron chi connectivity index (χ1n) is 8.06. The Morgan fingerprint density at radius 1 is 1.24 bits per heavy atom. The fraction of sp³-hybridized carbons (Fsp3) is 0.263. The van der Waals surface area contributed by atoms with E-state index in [0.717, 1.165) is 15.7 Å². The highest BCUT2D eigenvalue weighted by Gasteiger charge is 2.36. The molecule has 0 aliphatic carbocycles. The van der Waals surface area contributed by atoms with E-state index in [4.69, 9.17) is 0 Å². The molecular weight excluding hydrogens is 387 g/mol. The Morgan fingerprint density at radius 3 is 2.60 bits per heavy atom. The molecule has 0 radical (unpaired) electrons. The third-order valence-corrected chi connectivity index (χ3v) is 5.04. The molecule has 0 bridgehead atoms. The van der Waals surface area contributed by atoms with Crippen molar-refractivity contribution in [2.75, 3.05) is 11.4 Å². The second-order valence-corrected chi connectivity index (χ2v) is 6.99. The van der Waals surface area contributed by atoms with Gasteiger partial charge in [0.1, 0.15) is 5.82 Å². The molecular formula is C19H18BrFN2O2. The molecule has 25 heavy (non-hydrogen) atoms. The Hall–Kier alpha value is -2.21. The second-order valence-electron chi connectivity index (χ2n) is 6.14. The van der Waals surface area contributed by atoms with E-state index >= 15 is 0 Å². The Morgan fingerprint density at radius 2 is 1.92 bits per heavy atom. The monoisotopic (exact) mass is 404 g/mol. The fourth-order valence-corrected chi connectivity index (χ4v) is 3.45. The second kappa shape index (κ2) is 7.35. The van der Waals surface area contributed by atoms with Crippen molar-refractivity contribution in [1.82, 2.24) is 5.32 Å². The summed E-state index contributed by atoms with van der Waals surface area (Å²) < 4.78 is 13.8. The van der Waals surface area contributed by atoms with Crippen LogP contribution in [0.25, 0.3) is 0 Å². The lowest BCUT2D eigenvalue weighted by atomic mass is 10.0. The molecule has 3 rings (SSSR count). The summed E-state index contributed by atoms with van der Waals surface area (Å²) in [6, 6.07) is 13.2. The number of hydrogen-bond acceptors (Lipinski definition) is 2. The number of halogens is 2. The van der Waals surface area contributed by atoms with E-state index < -0.39 is 5.92 Å². The molecule has 130 valence electrons. The largest absolute Gasteiger partial charge is 0.349 e. The minimum absolute atomic E-state index is 0.0681. The van der Waals surface area contributed by atoms with Gasteiger partial charge in [-0.05, 0) is 52.7 Å². The molecule has 1 heterocycles. The lowest BCUT2D eigenvalue weighted by molar-refractivity contribution is -0.126. The number of carbonyl (C=O) groups excluding carboxylic acids is 2. The highest BCUT2D eigenvalue weighted by Crippen LogP contribution is 2.31. The van der Waals surface area contributed by atoms with Crippen molar-refractivity contribution in [3.05, 3.63) is 64.4 Å². The van der Waals surface area contributed by atoms with Crippen molar-refractivity contribution in [2.24, 2.45) is 5.92 Å². The van der Waals surface area contributed by atoms with Crippen LogP contribution in [0.1, 0.15) is 24.9 Å². The van der Waals surface area contributed by atoms with Crippen LogP contribution < -0.4 is 10.2 Å². The van der Waals surface area contributed by atoms with Crippen LogP contribution in [-0.4, -0.2) is 18.4 Å². The summed E-state index contributed by atoms with van der Waals surface area (Å²) in [5.74, 6) is -0.948. The summed E-state index contributed by atoms with van der Waals surface area (Å²) in [7, 11) is 0. The highest BCUT2D eigenvalue weighted by molar-refractivity contribution is 9.10. The van der Waals surface area contributed by atoms with Crippen molar-refractivity contribution in [3.8, 4) is 0 Å². The van der Waals surface area contributed by atoms with E-state index in [1.807, 2.05) is 31.2 Å². The molecule has 6 heteroatoms. The zero-order valence-corrected chi connectivity index (χ0v) is 15.3. The van der Waals surface area contributed by atoms with E-state index in [2.05, 4.69) is 21.2 Å². The van der Waals surface area contributed by atoms with Crippen LogP contribution in [0.3, 0.4) is 0 Å². The van der Waals surface area contributed by atoms with Gasteiger partial charge >= 0.3 is 0 Å². The molecule has 1 saturated heterocycles. The molecule has 1 fully saturated rings. The Labute approximate surface area is 154 Å². The van der Waals surface area contributed by atoms with Crippen molar-refractivity contribution < 1.29 is 14.0 Å². The van der Waals surface area contributed by atoms with Gasteiger partial charge in [0.15, 0.2) is 0 Å². The SMILES string of the molecule is CC(NC(=O)C1CC(=O)N(c2ccccc2Br)C1)c1ccc(F)cc1. The fourth-order valence-electron chi connectivity index (χ4n) is 2.95. The van der Waals surface area contributed by atoms with E-state index in [-0.39, 0.29) is 30.1 Å². The van der Waals surface area contributed by atoms with Crippen LogP contribution in [-0.2, 0) is 9.59 Å². The van der Waals surface area contributed by atoms with Crippen molar-refractivity contribution >= 4 is 33.4 Å². The van der Waals surface area contributed by atoms with Crippen molar-refractivity contribution in [2.45, 2.75) is 19.4 Å². The van der Waals surface area contributed by atoms with Gasteiger partial charge in [0.05, 0.1) is 17.6 Å². The van der Waals surface area contributed by atoms with Crippen LogP contribution in [0.5, 0.6) is 0 Å². The first-order valence-corrected chi connectivity index (χ1v) is 8.85. The number of nitrogens with zero attached hydrogens (tertiary/aromatic N) is 1. The molecule has 2 atom stereocenters. The summed E-state index contributed by atoms with van der Waals surface area (Å²) >= 11 is 3.44. The van der Waals surface area contributed by atoms with Crippen LogP contribution in [0.4, 0.5) is 10.1 Å². The molecule has 0 spiro atoms. The first-order chi connectivity index (χ1) is 12.0. The Balaban J connectivity index is 1.66. The molecule has 2 aromatic rings. The van der Waals surface area contributed by atoms with E-state index in [1.54, 1.807) is 17.0 Å². The number of hydrogen-bond donors (Lipinski definition) is 1. The summed E-state index contributed by atoms with van der Waals surface area (Å²) in [5, 5.41) is 2.91. The van der Waals surface area contributed by atoms with Gasteiger partial charge in [-0.15, -0.1) is 0 Å². The standard InChI is InChI=1S/C19H18BrFN2O2/c1-12(13-6-8-15(21)9-7-13)22-19(25)14-10-18(24)23(11-14)17-5-3-2-4-16(17)20/h2-9,12,14H,10-11H2,1H3,(H,22,25). The number of benzene rings is 2. The molecule has 1 N–H and O–H groups in total. The lowest BCUT2D eigenvalue weighted by Gasteiger charge is -2.19. The predicted molar refractivity (Wildman–Crippen MR) is 97.6 cm³/mol. The normalized spacial score (nSPS) is 18.3. The number of para-hydroxylation sites is 1. The van der Waals surface area contributed by atoms with E-state index in [1.165, 1.54) is 12.1 Å². The highest BCUT2D eigenvalue weighted by atomic mass is 79.9. The molecule has 2 unspecified atom stereocenters. The molecule has 0 aromatic heterocycles. The van der Waals surface area contributed by atoms with Gasteiger partial charge < -0.3 is 10.2 Å². The summed E-state index contributed by atoms with van der Waals surface area (Å²) in [4.78, 5) is 26.5. The van der Waals surface area contributed by atoms with Gasteiger partial charge in [-0.3, -0.25) is 9.59 Å². The summed E-state index contributed by atoms with van der Waals surface area (Å²) in [5.41, 5.74) is 1.59. The van der Waals surface area contributed by atoms with Crippen LogP contribution in [0.2, 0.25) is 0 Å². The minimum Gasteiger partial charge on any atom is -0.349 e. The van der Waals surface area contributed by atoms with Crippen molar-refractivity contribution in [3.63, 3.8) is 0 Å². The average molecular weight is 405 g/mol. The van der Waals surface area contributed by atoms with E-state index in [9.17, 15) is 14.0 Å². The van der Waals surface area contributed by atoms with Gasteiger partial charge in [0.25, 0.3) is 0 Å². The smallest absolute Gasteiger partial charge is 0.227 e. The molecule has 4 nitrogen and oxygen atoms in total. The number of nitrogens with one attached hydrogen (secondary N) is 1. The minimum atomic E-state index is -0.400. The zero-order chi connectivity index (χ0) is 18.0. The zero-order valence-electron chi connectivity index (χ0n) is 13.7. The average Bonchev–Trinajstić information content (AvgIpc) is 2.97. The van der Waals surface area contributed by atoms with Gasteiger partial charge in [-0.2, -0.15) is 0 Å². The summed E-state index contributed by atoms with van der Waals surface area (Å²) in [6.45, 7) is 2.19. The lowest BCUT2D eigenvalue weighted by Crippen LogP contribution is -2.34. The van der Waals surface area contributed by atoms with Gasteiger partial charge in [-0.1, -0.05) is 24.3 Å². The number of carbonyl (C=O) groups is 2. The van der Waals surface area contributed by atoms with Gasteiger partial charge in [0, 0.05) is 17.4 Å². The van der Waals surface area contributed by atoms with Crippen LogP contribution in [0, 0.1) is 11.7 Å². The number of amides is 2. The number of rotatable bonds is 4. The Kier molecular flexibility index (Phi) is 5.18. The third-order valence-electron chi connectivity index (χ3n) is 4.37. The van der Waals surface area contributed by atoms with Gasteiger partial charge in [0.2, 0.25) is 11.8 Å². The maximum atomic E-state index is 13.0. The quantitative estimate of drug-likeness (QED) is 0.841. The maximum absolute atomic E-state index is 13.0. The van der Waals surface area contributed by atoms with E-state index in [0.29, 0.717) is 6.54 Å². The molecule has 0 saturated carbocycles. The van der Waals surface area contributed by atoms with Gasteiger partial charge in [-0.25, -0.2) is 4.39 Å². The molecule has 2 amide bonds.